The van der Waals surface area contributed by atoms with E-state index in [4.69, 9.17) is 5.73 Å². The van der Waals surface area contributed by atoms with Crippen LogP contribution in [0.25, 0.3) is 21.8 Å². The average Bonchev–Trinajstić information content (AvgIpc) is 2.97. The van der Waals surface area contributed by atoms with Crippen molar-refractivity contribution in [2.75, 3.05) is 0 Å². The van der Waals surface area contributed by atoms with Gasteiger partial charge in [0.25, 0.3) is 0 Å². The maximum absolute atomic E-state index is 12.1. The maximum Gasteiger partial charge on any atom is 0.249 e. The van der Waals surface area contributed by atoms with Gasteiger partial charge in [-0.3, -0.25) is 4.79 Å². The number of hydrogen-bond donors (Lipinski definition) is 1. The summed E-state index contributed by atoms with van der Waals surface area (Å²) >= 11 is 3.66. The second-order valence-electron chi connectivity index (χ2n) is 6.84. The van der Waals surface area contributed by atoms with Crippen LogP contribution in [0.1, 0.15) is 34.8 Å². The fraction of sp³-hybridized carbons (Fsp3) is 0.174. The largest absolute Gasteiger partial charge is 0.366 e. The molecule has 2 N–H and O–H groups in total. The molecule has 0 radical (unpaired) electrons. The summed E-state index contributed by atoms with van der Waals surface area (Å²) in [6.07, 6.45) is 2.14. The molecule has 0 aliphatic rings. The van der Waals surface area contributed by atoms with Crippen LogP contribution in [-0.2, 0) is 13.0 Å². The number of aryl methyl sites for hydroxylation is 1. The van der Waals surface area contributed by atoms with Crippen molar-refractivity contribution in [3.05, 3.63) is 81.8 Å². The summed E-state index contributed by atoms with van der Waals surface area (Å²) in [6.45, 7) is 2.91. The number of nitrogens with zero attached hydrogens (tertiary/aromatic N) is 1. The van der Waals surface area contributed by atoms with Crippen LogP contribution in [0.15, 0.2) is 65.1 Å². The molecule has 136 valence electrons. The van der Waals surface area contributed by atoms with Crippen LogP contribution in [0.3, 0.4) is 0 Å². The Morgan fingerprint density at radius 3 is 2.59 bits per heavy atom. The Morgan fingerprint density at radius 1 is 1.04 bits per heavy atom. The summed E-state index contributed by atoms with van der Waals surface area (Å²) < 4.78 is 3.37. The van der Waals surface area contributed by atoms with E-state index in [2.05, 4.69) is 63.8 Å². The number of primary amides is 1. The van der Waals surface area contributed by atoms with Crippen LogP contribution in [0, 0.1) is 0 Å². The highest BCUT2D eigenvalue weighted by Gasteiger charge is 2.17. The number of rotatable bonds is 5. The lowest BCUT2D eigenvalue weighted by atomic mass is 10.0. The van der Waals surface area contributed by atoms with Gasteiger partial charge in [0.2, 0.25) is 5.91 Å². The molecule has 0 atom stereocenters. The topological polar surface area (TPSA) is 48.0 Å². The molecule has 1 aromatic heterocycles. The first-order valence-corrected chi connectivity index (χ1v) is 9.96. The van der Waals surface area contributed by atoms with E-state index in [-0.39, 0.29) is 0 Å². The molecule has 0 saturated heterocycles. The van der Waals surface area contributed by atoms with Gasteiger partial charge < -0.3 is 10.3 Å². The van der Waals surface area contributed by atoms with E-state index >= 15 is 0 Å². The molecule has 0 bridgehead atoms. The predicted octanol–water partition coefficient (Wildman–Crippen LogP) is 5.66. The zero-order valence-corrected chi connectivity index (χ0v) is 16.8. The third kappa shape index (κ3) is 3.15. The Balaban J connectivity index is 2.04. The Labute approximate surface area is 166 Å². The average molecular weight is 421 g/mol. The summed E-state index contributed by atoms with van der Waals surface area (Å²) in [5.74, 6) is -0.391. The molecule has 0 spiro atoms. The lowest BCUT2D eigenvalue weighted by molar-refractivity contribution is 0.100. The van der Waals surface area contributed by atoms with Crippen molar-refractivity contribution in [3.8, 4) is 0 Å². The van der Waals surface area contributed by atoms with E-state index in [1.54, 1.807) is 0 Å². The zero-order valence-electron chi connectivity index (χ0n) is 15.2. The van der Waals surface area contributed by atoms with E-state index in [1.807, 2.05) is 24.3 Å². The number of carbonyl (C=O) groups excluding carboxylic acids is 1. The van der Waals surface area contributed by atoms with Crippen molar-refractivity contribution in [2.24, 2.45) is 5.73 Å². The van der Waals surface area contributed by atoms with E-state index in [9.17, 15) is 4.79 Å². The van der Waals surface area contributed by atoms with Gasteiger partial charge in [0.15, 0.2) is 0 Å². The monoisotopic (exact) mass is 420 g/mol. The summed E-state index contributed by atoms with van der Waals surface area (Å²) in [6, 6.07) is 20.6. The van der Waals surface area contributed by atoms with E-state index in [1.165, 1.54) is 11.1 Å². The van der Waals surface area contributed by atoms with Crippen LogP contribution < -0.4 is 5.73 Å². The van der Waals surface area contributed by atoms with Gasteiger partial charge >= 0.3 is 0 Å². The Morgan fingerprint density at radius 2 is 1.85 bits per heavy atom. The van der Waals surface area contributed by atoms with E-state index in [0.29, 0.717) is 5.56 Å². The molecular weight excluding hydrogens is 400 g/mol. The molecule has 1 heterocycles. The number of aromatic nitrogens is 1. The Bertz CT molecular complexity index is 1160. The summed E-state index contributed by atoms with van der Waals surface area (Å²) in [7, 11) is 0. The van der Waals surface area contributed by atoms with Gasteiger partial charge in [-0.2, -0.15) is 0 Å². The molecular formula is C23H21BrN2O. The molecule has 4 rings (SSSR count). The van der Waals surface area contributed by atoms with E-state index < -0.39 is 5.91 Å². The minimum atomic E-state index is -0.391. The van der Waals surface area contributed by atoms with Crippen LogP contribution in [0.4, 0.5) is 0 Å². The van der Waals surface area contributed by atoms with E-state index in [0.717, 1.165) is 45.7 Å². The summed E-state index contributed by atoms with van der Waals surface area (Å²) in [5.41, 5.74) is 10.9. The smallest absolute Gasteiger partial charge is 0.249 e. The highest BCUT2D eigenvalue weighted by Crippen LogP contribution is 2.33. The van der Waals surface area contributed by atoms with Crippen LogP contribution in [-0.4, -0.2) is 10.5 Å². The molecule has 0 unspecified atom stereocenters. The number of halogens is 1. The molecule has 3 nitrogen and oxygen atoms in total. The number of nitrogens with two attached hydrogens (primary N) is 1. The molecule has 27 heavy (non-hydrogen) atoms. The minimum absolute atomic E-state index is 0.391. The molecule has 0 fully saturated rings. The highest BCUT2D eigenvalue weighted by molar-refractivity contribution is 9.10. The van der Waals surface area contributed by atoms with Gasteiger partial charge in [0.05, 0.1) is 5.52 Å². The molecule has 0 saturated carbocycles. The van der Waals surface area contributed by atoms with Crippen molar-refractivity contribution in [3.63, 3.8) is 0 Å². The van der Waals surface area contributed by atoms with Gasteiger partial charge in [-0.15, -0.1) is 0 Å². The first kappa shape index (κ1) is 17.8. The van der Waals surface area contributed by atoms with Gasteiger partial charge in [0, 0.05) is 32.9 Å². The van der Waals surface area contributed by atoms with Crippen LogP contribution in [0.2, 0.25) is 0 Å². The fourth-order valence-electron chi connectivity index (χ4n) is 3.81. The molecule has 0 aliphatic carbocycles. The lowest BCUT2D eigenvalue weighted by Gasteiger charge is -2.10. The normalized spacial score (nSPS) is 11.3. The van der Waals surface area contributed by atoms with Gasteiger partial charge in [-0.05, 0) is 41.8 Å². The predicted molar refractivity (Wildman–Crippen MR) is 115 cm³/mol. The number of fused-ring (bicyclic) bond motifs is 3. The highest BCUT2D eigenvalue weighted by atomic mass is 79.9. The number of benzene rings is 3. The van der Waals surface area contributed by atoms with Crippen LogP contribution >= 0.6 is 15.9 Å². The van der Waals surface area contributed by atoms with Crippen LogP contribution in [0.5, 0.6) is 0 Å². The first-order valence-electron chi connectivity index (χ1n) is 9.17. The standard InChI is InChI=1S/C23H21BrN2O/c1-2-6-15-11-12-17-21(13-15)26(14-16-7-3-4-9-19(16)24)20-10-5-8-18(22(17)20)23(25)27/h3-5,7-13H,2,6,14H2,1H3,(H2,25,27). The third-order valence-corrected chi connectivity index (χ3v) is 5.82. The second-order valence-corrected chi connectivity index (χ2v) is 7.70. The van der Waals surface area contributed by atoms with Crippen molar-refractivity contribution < 1.29 is 4.79 Å². The third-order valence-electron chi connectivity index (χ3n) is 5.05. The molecule has 4 aromatic rings. The molecule has 4 heteroatoms. The molecule has 1 amide bonds. The quantitative estimate of drug-likeness (QED) is 0.444. The zero-order chi connectivity index (χ0) is 19.0. The SMILES string of the molecule is CCCc1ccc2c3c(C(N)=O)cccc3n(Cc3ccccc3Br)c2c1. The van der Waals surface area contributed by atoms with Gasteiger partial charge in [0.1, 0.15) is 0 Å². The number of carbonyl (C=O) groups is 1. The van der Waals surface area contributed by atoms with Crippen molar-refractivity contribution >= 4 is 43.6 Å². The first-order chi connectivity index (χ1) is 13.1. The summed E-state index contributed by atoms with van der Waals surface area (Å²) in [5, 5.41) is 2.02. The fourth-order valence-corrected chi connectivity index (χ4v) is 4.22. The molecule has 3 aromatic carbocycles. The Hall–Kier alpha value is -2.59. The maximum atomic E-state index is 12.1. The number of hydrogen-bond acceptors (Lipinski definition) is 1. The van der Waals surface area contributed by atoms with Gasteiger partial charge in [-0.25, -0.2) is 0 Å². The van der Waals surface area contributed by atoms with Crippen molar-refractivity contribution in [1.82, 2.24) is 4.57 Å². The molecule has 0 aliphatic heterocycles. The minimum Gasteiger partial charge on any atom is -0.366 e. The lowest BCUT2D eigenvalue weighted by Crippen LogP contribution is -2.11. The van der Waals surface area contributed by atoms with Crippen molar-refractivity contribution in [1.29, 1.82) is 0 Å². The number of amides is 1. The van der Waals surface area contributed by atoms with Crippen molar-refractivity contribution in [2.45, 2.75) is 26.3 Å². The second kappa shape index (κ2) is 7.20. The summed E-state index contributed by atoms with van der Waals surface area (Å²) in [4.78, 5) is 12.1. The van der Waals surface area contributed by atoms with Gasteiger partial charge in [-0.1, -0.05) is 65.7 Å². The Kier molecular flexibility index (Phi) is 4.75.